The van der Waals surface area contributed by atoms with Crippen molar-refractivity contribution in [1.82, 2.24) is 15.5 Å². The monoisotopic (exact) mass is 489 g/mol. The summed E-state index contributed by atoms with van der Waals surface area (Å²) in [4.78, 5) is 51.6. The van der Waals surface area contributed by atoms with Gasteiger partial charge in [0.1, 0.15) is 34.5 Å². The number of aromatic hydroxyl groups is 1. The number of rotatable bonds is 6. The minimum Gasteiger partial charge on any atom is -0.508 e. The van der Waals surface area contributed by atoms with Gasteiger partial charge in [0.2, 0.25) is 5.91 Å². The molecular weight excluding hydrogens is 462 g/mol. The van der Waals surface area contributed by atoms with Crippen LogP contribution in [0.25, 0.3) is 0 Å². The summed E-state index contributed by atoms with van der Waals surface area (Å²) in [6.07, 6.45) is 1.02. The highest BCUT2D eigenvalue weighted by atomic mass is 32.2. The average Bonchev–Trinajstić information content (AvgIpc) is 3.59. The zero-order valence-electron chi connectivity index (χ0n) is 19.0. The van der Waals surface area contributed by atoms with Crippen LogP contribution >= 0.6 is 11.8 Å². The number of hydrogen-bond acceptors (Lipinski definition) is 7. The molecule has 1 aliphatic carbocycles. The third-order valence-electron chi connectivity index (χ3n) is 5.72. The largest absolute Gasteiger partial charge is 0.508 e. The third-order valence-corrected chi connectivity index (χ3v) is 7.02. The molecule has 1 saturated carbocycles. The molecule has 0 spiro atoms. The molecule has 3 amide bonds. The SMILES string of the molecule is CC(C)(C)OC(=O)N[C@@H](C(=O)N[C@@H]1C(=O)N2C(C(=O)O)=C(C3CC3)CS[C@H]12)c1ccc(O)cc1. The van der Waals surface area contributed by atoms with Gasteiger partial charge in [-0.1, -0.05) is 12.1 Å². The van der Waals surface area contributed by atoms with E-state index in [1.807, 2.05) is 0 Å². The summed E-state index contributed by atoms with van der Waals surface area (Å²) >= 11 is 1.42. The lowest BCUT2D eigenvalue weighted by Gasteiger charge is -2.49. The summed E-state index contributed by atoms with van der Waals surface area (Å²) in [6.45, 7) is 5.06. The molecule has 182 valence electrons. The first kappa shape index (κ1) is 23.9. The zero-order valence-corrected chi connectivity index (χ0v) is 19.8. The number of hydrogen-bond donors (Lipinski definition) is 4. The Morgan fingerprint density at radius 3 is 2.38 bits per heavy atom. The number of carboxylic acid groups (broad SMARTS) is 1. The Morgan fingerprint density at radius 1 is 1.18 bits per heavy atom. The first-order valence-corrected chi connectivity index (χ1v) is 12.0. The lowest BCUT2D eigenvalue weighted by molar-refractivity contribution is -0.151. The number of aliphatic carboxylic acids is 1. The van der Waals surface area contributed by atoms with E-state index in [9.17, 15) is 29.4 Å². The molecule has 2 fully saturated rings. The molecule has 3 atom stereocenters. The van der Waals surface area contributed by atoms with Gasteiger partial charge < -0.3 is 25.6 Å². The maximum Gasteiger partial charge on any atom is 0.408 e. The standard InChI is InChI=1S/C23H27N3O7S/c1-23(2,3)33-22(32)25-15(12-6-8-13(27)9-7-12)18(28)24-16-19(29)26-17(21(30)31)14(11-4-5-11)10-34-20(16)26/h6-9,11,15-16,20,27H,4-5,10H2,1-3H3,(H,24,28)(H,25,32)(H,30,31)/t15-,16-,20-/m1/s1. The molecule has 1 saturated heterocycles. The quantitative estimate of drug-likeness (QED) is 0.445. The predicted octanol–water partition coefficient (Wildman–Crippen LogP) is 2.11. The number of thioether (sulfide) groups is 1. The van der Waals surface area contributed by atoms with Gasteiger partial charge in [0, 0.05) is 5.75 Å². The first-order valence-electron chi connectivity index (χ1n) is 11.0. The van der Waals surface area contributed by atoms with Crippen molar-refractivity contribution in [3.8, 4) is 5.75 Å². The van der Waals surface area contributed by atoms with Crippen molar-refractivity contribution < 1.29 is 34.1 Å². The summed E-state index contributed by atoms with van der Waals surface area (Å²) in [6, 6.07) is 3.60. The molecule has 2 aliphatic heterocycles. The number of benzene rings is 1. The van der Waals surface area contributed by atoms with E-state index in [2.05, 4.69) is 10.6 Å². The molecule has 0 aromatic heterocycles. The number of nitrogens with zero attached hydrogens (tertiary/aromatic N) is 1. The van der Waals surface area contributed by atoms with E-state index >= 15 is 0 Å². The van der Waals surface area contributed by atoms with Crippen LogP contribution in [-0.4, -0.2) is 61.8 Å². The number of β-lactam (4-membered cyclic amide) rings is 1. The van der Waals surface area contributed by atoms with Crippen molar-refractivity contribution in [3.63, 3.8) is 0 Å². The van der Waals surface area contributed by atoms with Crippen LogP contribution in [0.15, 0.2) is 35.5 Å². The van der Waals surface area contributed by atoms with E-state index in [-0.39, 0.29) is 17.4 Å². The Balaban J connectivity index is 1.52. The maximum atomic E-state index is 13.2. The number of nitrogens with one attached hydrogen (secondary N) is 2. The number of phenolic OH excluding ortho intramolecular Hbond substituents is 1. The van der Waals surface area contributed by atoms with Crippen molar-refractivity contribution in [1.29, 1.82) is 0 Å². The Labute approximate surface area is 200 Å². The van der Waals surface area contributed by atoms with Crippen molar-refractivity contribution in [2.24, 2.45) is 5.92 Å². The minimum absolute atomic E-state index is 0.0111. The van der Waals surface area contributed by atoms with Gasteiger partial charge in [-0.25, -0.2) is 9.59 Å². The van der Waals surface area contributed by atoms with Crippen LogP contribution in [0.5, 0.6) is 5.75 Å². The fourth-order valence-corrected chi connectivity index (χ4v) is 5.47. The minimum atomic E-state index is -1.19. The van der Waals surface area contributed by atoms with Gasteiger partial charge in [0.05, 0.1) is 0 Å². The second kappa shape index (κ2) is 8.86. The second-order valence-corrected chi connectivity index (χ2v) is 10.6. The van der Waals surface area contributed by atoms with Gasteiger partial charge in [-0.3, -0.25) is 14.5 Å². The van der Waals surface area contributed by atoms with Crippen molar-refractivity contribution in [3.05, 3.63) is 41.1 Å². The maximum absolute atomic E-state index is 13.2. The van der Waals surface area contributed by atoms with Crippen LogP contribution in [0.2, 0.25) is 0 Å². The molecule has 0 bridgehead atoms. The highest BCUT2D eigenvalue weighted by Gasteiger charge is 2.55. The van der Waals surface area contributed by atoms with Gasteiger partial charge in [0.15, 0.2) is 0 Å². The van der Waals surface area contributed by atoms with E-state index in [1.54, 1.807) is 20.8 Å². The van der Waals surface area contributed by atoms with Crippen LogP contribution in [-0.2, 0) is 19.1 Å². The van der Waals surface area contributed by atoms with E-state index < -0.39 is 46.9 Å². The van der Waals surface area contributed by atoms with Crippen LogP contribution < -0.4 is 10.6 Å². The van der Waals surface area contributed by atoms with Gasteiger partial charge in [-0.05, 0) is 62.8 Å². The fraction of sp³-hybridized carbons (Fsp3) is 0.478. The predicted molar refractivity (Wildman–Crippen MR) is 123 cm³/mol. The van der Waals surface area contributed by atoms with Crippen LogP contribution in [0.1, 0.15) is 45.2 Å². The Kier molecular flexibility index (Phi) is 6.24. The molecule has 1 aromatic carbocycles. The number of fused-ring (bicyclic) bond motifs is 1. The average molecular weight is 490 g/mol. The lowest BCUT2D eigenvalue weighted by Crippen LogP contribution is -2.71. The normalized spacial score (nSPS) is 22.9. The number of carbonyl (C=O) groups is 4. The summed E-state index contributed by atoms with van der Waals surface area (Å²) < 4.78 is 5.27. The molecule has 34 heavy (non-hydrogen) atoms. The van der Waals surface area contributed by atoms with Gasteiger partial charge in [0.25, 0.3) is 5.91 Å². The molecule has 4 N–H and O–H groups in total. The Bertz CT molecular complexity index is 1060. The summed E-state index contributed by atoms with van der Waals surface area (Å²) in [5, 5.41) is 23.9. The molecule has 0 unspecified atom stereocenters. The highest BCUT2D eigenvalue weighted by molar-refractivity contribution is 8.00. The van der Waals surface area contributed by atoms with Crippen LogP contribution in [0, 0.1) is 5.92 Å². The van der Waals surface area contributed by atoms with Gasteiger partial charge >= 0.3 is 12.1 Å². The number of carboxylic acids is 1. The fourth-order valence-electron chi connectivity index (χ4n) is 4.02. The summed E-state index contributed by atoms with van der Waals surface area (Å²) in [5.74, 6) is -1.60. The van der Waals surface area contributed by atoms with Crippen LogP contribution in [0.3, 0.4) is 0 Å². The smallest absolute Gasteiger partial charge is 0.408 e. The zero-order chi connectivity index (χ0) is 24.8. The highest BCUT2D eigenvalue weighted by Crippen LogP contribution is 2.48. The molecule has 2 heterocycles. The first-order chi connectivity index (χ1) is 16.0. The van der Waals surface area contributed by atoms with Crippen molar-refractivity contribution in [2.75, 3.05) is 5.75 Å². The second-order valence-electron chi connectivity index (χ2n) is 9.52. The van der Waals surface area contributed by atoms with E-state index in [0.717, 1.165) is 18.4 Å². The number of ether oxygens (including phenoxy) is 1. The topological polar surface area (TPSA) is 145 Å². The van der Waals surface area contributed by atoms with Crippen LogP contribution in [0.4, 0.5) is 4.79 Å². The number of carbonyl (C=O) groups excluding carboxylic acids is 3. The molecule has 11 heteroatoms. The lowest BCUT2D eigenvalue weighted by atomic mass is 9.99. The molecule has 1 aromatic rings. The number of phenols is 1. The molecular formula is C23H27N3O7S. The van der Waals surface area contributed by atoms with Crippen molar-refractivity contribution in [2.45, 2.75) is 56.7 Å². The van der Waals surface area contributed by atoms with Gasteiger partial charge in [-0.15, -0.1) is 11.8 Å². The van der Waals surface area contributed by atoms with Gasteiger partial charge in [-0.2, -0.15) is 0 Å². The Morgan fingerprint density at radius 2 is 1.82 bits per heavy atom. The van der Waals surface area contributed by atoms with E-state index in [1.165, 1.54) is 40.9 Å². The Hall–Kier alpha value is -3.21. The molecule has 10 nitrogen and oxygen atoms in total. The van der Waals surface area contributed by atoms with E-state index in [4.69, 9.17) is 4.74 Å². The summed E-state index contributed by atoms with van der Waals surface area (Å²) in [5.41, 5.74) is 0.398. The number of alkyl carbamates (subject to hydrolysis) is 1. The number of amides is 3. The third kappa shape index (κ3) is 4.84. The molecule has 0 radical (unpaired) electrons. The van der Waals surface area contributed by atoms with Crippen molar-refractivity contribution >= 4 is 35.6 Å². The van der Waals surface area contributed by atoms with E-state index in [0.29, 0.717) is 11.3 Å². The molecule has 3 aliphatic rings. The summed E-state index contributed by atoms with van der Waals surface area (Å²) in [7, 11) is 0. The molecule has 4 rings (SSSR count).